The van der Waals surface area contributed by atoms with E-state index >= 15 is 0 Å². The number of nitrogen functional groups attached to an aromatic ring is 3. The number of alkyl carbamates (subject to hydrolysis) is 2. The first kappa shape index (κ1) is 49.3. The molecule has 27 heteroatoms. The van der Waals surface area contributed by atoms with Crippen molar-refractivity contribution in [3.63, 3.8) is 0 Å². The highest BCUT2D eigenvalue weighted by molar-refractivity contribution is 9.10. The molecule has 61 heavy (non-hydrogen) atoms. The molecule has 334 valence electrons. The lowest BCUT2D eigenvalue weighted by Crippen LogP contribution is -2.54. The molecule has 10 N–H and O–H groups in total. The second-order valence-electron chi connectivity index (χ2n) is 16.2. The minimum atomic E-state index is -0.586. The first-order valence-electron chi connectivity index (χ1n) is 18.7. The molecule has 0 spiro atoms. The third-order valence-corrected chi connectivity index (χ3v) is 8.99. The van der Waals surface area contributed by atoms with E-state index in [2.05, 4.69) is 77.2 Å². The van der Waals surface area contributed by atoms with Gasteiger partial charge in [-0.15, -0.1) is 20.4 Å². The molecule has 0 bridgehead atoms. The Balaban J connectivity index is 0.000000240. The molecule has 0 aliphatic carbocycles. The van der Waals surface area contributed by atoms with Crippen molar-refractivity contribution in [1.82, 2.24) is 71.4 Å². The number of halogens is 2. The second kappa shape index (κ2) is 21.5. The summed E-state index contributed by atoms with van der Waals surface area (Å²) in [6.07, 6.45) is 6.01. The van der Waals surface area contributed by atoms with E-state index in [1.165, 1.54) is 12.4 Å². The van der Waals surface area contributed by atoms with E-state index in [1.54, 1.807) is 0 Å². The van der Waals surface area contributed by atoms with Gasteiger partial charge in [0, 0.05) is 37.3 Å². The monoisotopic (exact) mass is 937 g/mol. The Morgan fingerprint density at radius 2 is 1.20 bits per heavy atom. The summed E-state index contributed by atoms with van der Waals surface area (Å²) < 4.78 is 11.1. The van der Waals surface area contributed by atoms with Gasteiger partial charge in [-0.25, -0.2) is 19.5 Å². The van der Waals surface area contributed by atoms with Crippen molar-refractivity contribution in [1.29, 1.82) is 0 Å². The number of carbonyl (C=O) groups is 2. The number of hydrogen-bond acceptors (Lipinski definition) is 21. The van der Waals surface area contributed by atoms with E-state index in [4.69, 9.17) is 38.3 Å². The maximum atomic E-state index is 12.0. The first-order chi connectivity index (χ1) is 28.3. The molecule has 2 aliphatic heterocycles. The Kier molecular flexibility index (Phi) is 17.4. The fraction of sp³-hybridized carbons (Fsp3) is 0.588. The van der Waals surface area contributed by atoms with E-state index in [1.807, 2.05) is 75.3 Å². The van der Waals surface area contributed by atoms with Gasteiger partial charge in [0.25, 0.3) is 5.56 Å². The smallest absolute Gasteiger partial charge is 0.408 e. The molecule has 0 atom stereocenters. The molecule has 6 rings (SSSR count). The van der Waals surface area contributed by atoms with Crippen LogP contribution in [0.1, 0.15) is 81.1 Å². The molecule has 0 unspecified atom stereocenters. The van der Waals surface area contributed by atoms with Crippen LogP contribution in [0.4, 0.5) is 38.9 Å². The Hall–Kier alpha value is -6.05. The Morgan fingerprint density at radius 3 is 1.56 bits per heavy atom. The highest BCUT2D eigenvalue weighted by Crippen LogP contribution is 2.27. The van der Waals surface area contributed by atoms with Crippen LogP contribution in [0.15, 0.2) is 32.8 Å². The predicted octanol–water partition coefficient (Wildman–Crippen LogP) is 2.00. The maximum absolute atomic E-state index is 12.0. The normalized spacial score (nSPS) is 15.5. The molecule has 25 nitrogen and oxygen atoms in total. The molecule has 4 aromatic heterocycles. The highest BCUT2D eigenvalue weighted by atomic mass is 79.9. The van der Waals surface area contributed by atoms with Gasteiger partial charge < -0.3 is 47.1 Å². The third kappa shape index (κ3) is 18.4. The zero-order valence-electron chi connectivity index (χ0n) is 35.2. The lowest BCUT2D eigenvalue weighted by Gasteiger charge is -2.39. The van der Waals surface area contributed by atoms with Crippen LogP contribution in [0.25, 0.3) is 0 Å². The van der Waals surface area contributed by atoms with Gasteiger partial charge in [-0.05, 0) is 109 Å². The number of anilines is 5. The van der Waals surface area contributed by atoms with Crippen molar-refractivity contribution in [2.24, 2.45) is 0 Å². The van der Waals surface area contributed by atoms with Crippen LogP contribution in [0.5, 0.6) is 0 Å². The van der Waals surface area contributed by atoms with Crippen molar-refractivity contribution in [3.8, 4) is 0 Å². The van der Waals surface area contributed by atoms with Gasteiger partial charge in [0.2, 0.25) is 17.2 Å². The lowest BCUT2D eigenvalue weighted by molar-refractivity contribution is 0.0435. The maximum Gasteiger partial charge on any atom is 0.408 e. The van der Waals surface area contributed by atoms with Crippen LogP contribution in [-0.2, 0) is 9.47 Å². The molecule has 2 amide bonds. The van der Waals surface area contributed by atoms with Crippen LogP contribution < -0.4 is 48.9 Å². The van der Waals surface area contributed by atoms with E-state index in [0.717, 1.165) is 45.0 Å². The number of aromatic nitrogens is 12. The summed E-state index contributed by atoms with van der Waals surface area (Å²) >= 11 is 8.46. The number of rotatable bonds is 4. The van der Waals surface area contributed by atoms with E-state index in [9.17, 15) is 19.2 Å². The number of nitrogens with zero attached hydrogens (tertiary/aromatic N) is 12. The molecule has 2 aliphatic rings. The number of piperidine rings is 2. The molecule has 0 saturated carbocycles. The largest absolute Gasteiger partial charge is 0.444 e. The first-order valence-corrected chi connectivity index (χ1v) is 19.9. The van der Waals surface area contributed by atoms with Gasteiger partial charge in [-0.1, -0.05) is 0 Å². The van der Waals surface area contributed by atoms with Gasteiger partial charge in [0.15, 0.2) is 10.4 Å². The zero-order valence-corrected chi connectivity index (χ0v) is 37.5. The average molecular weight is 939 g/mol. The number of hydrogen-bond donors (Lipinski definition) is 7. The van der Waals surface area contributed by atoms with Gasteiger partial charge in [0.1, 0.15) is 29.0 Å². The number of carbonyl (C=O) groups excluding carboxylic acids is 2. The van der Waals surface area contributed by atoms with Crippen LogP contribution in [0, 0.1) is 0 Å². The molecule has 2 saturated heterocycles. The summed E-state index contributed by atoms with van der Waals surface area (Å²) in [6.45, 7) is 18.0. The number of nitrogens with one attached hydrogen (secondary N) is 4. The summed E-state index contributed by atoms with van der Waals surface area (Å²) in [5.41, 5.74) is 13.8. The van der Waals surface area contributed by atoms with E-state index in [-0.39, 0.29) is 34.4 Å². The Labute approximate surface area is 364 Å². The molecule has 4 aromatic rings. The average Bonchev–Trinajstić information content (AvgIpc) is 3.12. The highest BCUT2D eigenvalue weighted by Gasteiger charge is 2.35. The predicted molar refractivity (Wildman–Crippen MR) is 229 cm³/mol. The second-order valence-corrected chi connectivity index (χ2v) is 17.2. The van der Waals surface area contributed by atoms with E-state index < -0.39 is 22.5 Å². The number of H-pyrrole nitrogens is 2. The SMILES string of the molecule is CC1(NC(=O)OC(C)(C)C)CCN(c2nnc(Br)c(N)n2)CC1.CC1(NC(=O)OC(C)(C)C)CCN(c2nncc(N)n2)CC1.Nc1cnnc(Cl)n1.O=c1cn[nH]c(=O)[nH]1. The molecule has 6 heterocycles. The molecular weight excluding hydrogens is 886 g/mol. The van der Waals surface area contributed by atoms with Crippen molar-refractivity contribution in [2.75, 3.05) is 53.2 Å². The van der Waals surface area contributed by atoms with Gasteiger partial charge in [-0.2, -0.15) is 30.2 Å². The fourth-order valence-electron chi connectivity index (χ4n) is 5.26. The summed E-state index contributed by atoms with van der Waals surface area (Å²) in [4.78, 5) is 62.1. The van der Waals surface area contributed by atoms with Crippen molar-refractivity contribution >= 4 is 69.1 Å². The lowest BCUT2D eigenvalue weighted by atomic mass is 9.90. The standard InChI is InChI=1S/C14H23BrN6O2.C14H24N6O2.C3H3ClN4.C3H3N3O2/c1-13(2,3)23-12(22)18-14(4)5-7-21(8-6-14)11-17-10(16)9(15)19-20-11;1-13(2,3)22-12(21)18-14(4)5-7-20(8-6-14)11-17-10(15)9-16-19-11;4-3-7-2(5)1-6-8-3;7-2-1-4-6-3(8)5-2/h5-8H2,1-4H3,(H,18,22)(H2,16,17,20);9H,5-8H2,1-4H3,(H,18,21)(H2,15,17,19);1H,(H2,5,7,8);1H,(H2,5,6,7,8). The molecule has 0 radical (unpaired) electrons. The zero-order chi connectivity index (χ0) is 45.6. The van der Waals surface area contributed by atoms with Gasteiger partial charge >= 0.3 is 17.9 Å². The minimum Gasteiger partial charge on any atom is -0.444 e. The topological polar surface area (TPSA) is 356 Å². The van der Waals surface area contributed by atoms with Crippen LogP contribution in [-0.4, -0.2) is 121 Å². The minimum absolute atomic E-state index is 0.0741. The number of nitrogens with two attached hydrogens (primary N) is 3. The number of amides is 2. The van der Waals surface area contributed by atoms with E-state index in [0.29, 0.717) is 41.2 Å². The fourth-order valence-corrected chi connectivity index (χ4v) is 5.57. The molecule has 2 fully saturated rings. The Morgan fingerprint density at radius 1 is 0.738 bits per heavy atom. The van der Waals surface area contributed by atoms with Crippen LogP contribution >= 0.6 is 27.5 Å². The number of aromatic amines is 2. The van der Waals surface area contributed by atoms with Gasteiger partial charge in [0.05, 0.1) is 12.4 Å². The molecular formula is C34H53BrClN19O6. The van der Waals surface area contributed by atoms with Crippen LogP contribution in [0.2, 0.25) is 5.28 Å². The summed E-state index contributed by atoms with van der Waals surface area (Å²) in [5.74, 6) is 1.98. The van der Waals surface area contributed by atoms with Gasteiger partial charge in [-0.3, -0.25) is 9.78 Å². The summed E-state index contributed by atoms with van der Waals surface area (Å²) in [7, 11) is 0. The Bertz CT molecular complexity index is 2120. The quantitative estimate of drug-likeness (QED) is 0.154. The molecule has 0 aromatic carbocycles. The van der Waals surface area contributed by atoms with Crippen molar-refractivity contribution in [3.05, 3.63) is 49.3 Å². The van der Waals surface area contributed by atoms with Crippen molar-refractivity contribution in [2.45, 2.75) is 103 Å². The summed E-state index contributed by atoms with van der Waals surface area (Å²) in [5, 5.41) is 33.8. The summed E-state index contributed by atoms with van der Waals surface area (Å²) in [6, 6.07) is 0. The van der Waals surface area contributed by atoms with Crippen molar-refractivity contribution < 1.29 is 19.1 Å². The third-order valence-electron chi connectivity index (χ3n) is 8.27. The number of ether oxygens (including phenoxy) is 2. The van der Waals surface area contributed by atoms with Crippen LogP contribution in [0.3, 0.4) is 0 Å².